The third-order valence-electron chi connectivity index (χ3n) is 9.99. The first-order valence-corrected chi connectivity index (χ1v) is 14.3. The Morgan fingerprint density at radius 2 is 1.73 bits per heavy atom. The number of aromatic amines is 1. The lowest BCUT2D eigenvalue weighted by Crippen LogP contribution is -2.67. The number of hydrogen-bond acceptors (Lipinski definition) is 3. The van der Waals surface area contributed by atoms with Crippen LogP contribution in [0.5, 0.6) is 0 Å². The number of nitrogens with one attached hydrogen (secondary N) is 2. The van der Waals surface area contributed by atoms with Gasteiger partial charge < -0.3 is 15.2 Å². The van der Waals surface area contributed by atoms with E-state index in [9.17, 15) is 14.4 Å². The molecule has 4 atom stereocenters. The van der Waals surface area contributed by atoms with E-state index >= 15 is 0 Å². The third kappa shape index (κ3) is 3.54. The Hall–Kier alpha value is -4.13. The molecule has 212 valence electrons. The van der Waals surface area contributed by atoms with Crippen LogP contribution in [0, 0.1) is 5.41 Å². The highest BCUT2D eigenvalue weighted by atomic mass is 16.2. The first kappa shape index (κ1) is 27.1. The van der Waals surface area contributed by atoms with Crippen molar-refractivity contribution in [1.29, 1.82) is 0 Å². The third-order valence-corrected chi connectivity index (χ3v) is 9.99. The summed E-state index contributed by atoms with van der Waals surface area (Å²) in [4.78, 5) is 48.7. The van der Waals surface area contributed by atoms with E-state index in [1.54, 1.807) is 9.80 Å². The zero-order valence-corrected chi connectivity index (χ0v) is 24.5. The number of aromatic nitrogens is 1. The van der Waals surface area contributed by atoms with E-state index in [-0.39, 0.29) is 23.1 Å². The minimum Gasteiger partial charge on any atom is -0.357 e. The molecular formula is C34H38N4O3. The van der Waals surface area contributed by atoms with Crippen LogP contribution < -0.4 is 10.2 Å². The van der Waals surface area contributed by atoms with Crippen molar-refractivity contribution in [2.24, 2.45) is 5.41 Å². The van der Waals surface area contributed by atoms with Crippen LogP contribution in [0.15, 0.2) is 73.8 Å². The Kier molecular flexibility index (Phi) is 5.90. The van der Waals surface area contributed by atoms with Gasteiger partial charge in [-0.3, -0.25) is 19.3 Å². The van der Waals surface area contributed by atoms with E-state index in [1.807, 2.05) is 60.7 Å². The molecule has 3 amide bonds. The molecule has 7 heteroatoms. The Morgan fingerprint density at radius 1 is 1.05 bits per heavy atom. The fourth-order valence-electron chi connectivity index (χ4n) is 7.58. The van der Waals surface area contributed by atoms with Gasteiger partial charge in [0.1, 0.15) is 18.2 Å². The van der Waals surface area contributed by atoms with Gasteiger partial charge in [0.25, 0.3) is 0 Å². The monoisotopic (exact) mass is 550 g/mol. The molecule has 0 unspecified atom stereocenters. The minimum absolute atomic E-state index is 0.160. The van der Waals surface area contributed by atoms with Crippen LogP contribution in [0.3, 0.4) is 0 Å². The largest absolute Gasteiger partial charge is 0.357 e. The van der Waals surface area contributed by atoms with E-state index in [0.717, 1.165) is 33.4 Å². The zero-order chi connectivity index (χ0) is 29.5. The van der Waals surface area contributed by atoms with Crippen molar-refractivity contribution in [1.82, 2.24) is 15.2 Å². The first-order valence-electron chi connectivity index (χ1n) is 14.3. The van der Waals surface area contributed by atoms with Crippen molar-refractivity contribution < 1.29 is 14.4 Å². The normalized spacial score (nSPS) is 25.5. The van der Waals surface area contributed by atoms with Crippen LogP contribution in [0.4, 0.5) is 5.69 Å². The van der Waals surface area contributed by atoms with Gasteiger partial charge in [0.05, 0.1) is 0 Å². The molecule has 7 nitrogen and oxygen atoms in total. The lowest BCUT2D eigenvalue weighted by molar-refractivity contribution is -0.149. The maximum absolute atomic E-state index is 14.6. The number of carbonyl (C=O) groups is 3. The topological polar surface area (TPSA) is 85.5 Å². The molecule has 2 N–H and O–H groups in total. The minimum atomic E-state index is -0.780. The molecule has 0 saturated carbocycles. The molecule has 4 heterocycles. The Labute approximate surface area is 241 Å². The molecule has 0 bridgehead atoms. The van der Waals surface area contributed by atoms with E-state index in [1.165, 1.54) is 6.92 Å². The van der Waals surface area contributed by atoms with Crippen LogP contribution in [0.25, 0.3) is 10.9 Å². The van der Waals surface area contributed by atoms with Gasteiger partial charge in [-0.1, -0.05) is 76.2 Å². The number of para-hydroxylation sites is 2. The Morgan fingerprint density at radius 3 is 2.41 bits per heavy atom. The number of rotatable bonds is 6. The second-order valence-electron chi connectivity index (χ2n) is 12.9. The number of anilines is 1. The molecule has 2 fully saturated rings. The number of benzene rings is 2. The summed E-state index contributed by atoms with van der Waals surface area (Å²) in [5, 5.41) is 4.10. The second kappa shape index (κ2) is 8.93. The Bertz CT molecular complexity index is 1630. The quantitative estimate of drug-likeness (QED) is 0.418. The van der Waals surface area contributed by atoms with Crippen LogP contribution in [-0.2, 0) is 31.6 Å². The summed E-state index contributed by atoms with van der Waals surface area (Å²) in [5.41, 5.74) is 3.10. The highest BCUT2D eigenvalue weighted by molar-refractivity contribution is 6.03. The number of carbonyl (C=O) groups excluding carboxylic acids is 3. The second-order valence-corrected chi connectivity index (χ2v) is 12.9. The van der Waals surface area contributed by atoms with Crippen molar-refractivity contribution >= 4 is 34.3 Å². The fraction of sp³-hybridized carbons (Fsp3) is 0.382. The molecule has 3 aromatic rings. The van der Waals surface area contributed by atoms with Crippen LogP contribution in [0.2, 0.25) is 0 Å². The molecule has 2 aromatic carbocycles. The predicted octanol–water partition coefficient (Wildman–Crippen LogP) is 5.12. The van der Waals surface area contributed by atoms with Gasteiger partial charge in [-0.2, -0.15) is 0 Å². The number of hydrogen-bond donors (Lipinski definition) is 2. The van der Waals surface area contributed by atoms with Gasteiger partial charge in [-0.25, -0.2) is 0 Å². The van der Waals surface area contributed by atoms with Crippen molar-refractivity contribution in [2.45, 2.75) is 76.5 Å². The first-order chi connectivity index (χ1) is 19.4. The standard InChI is InChI=1S/C34H38N4O3/c1-8-32(4,5)28-22(21-14-10-12-16-24(21)35-28)18-25-30(41)38-27(29(40)36-25)19-34(33(6,7)9-2)23-15-11-13-17-26(23)37(20(3)39)31(34)38/h8-17,25,27,31,35H,1-2,18-19H2,3-7H3,(H,36,40)/t25-,27-,31+,34-/m0/s1. The summed E-state index contributed by atoms with van der Waals surface area (Å²) in [6.07, 6.45) is 3.88. The fourth-order valence-corrected chi connectivity index (χ4v) is 7.58. The molecule has 3 aliphatic heterocycles. The Balaban J connectivity index is 1.49. The number of fused-ring (bicyclic) bond motifs is 6. The number of H-pyrrole nitrogens is 1. The molecule has 0 aliphatic carbocycles. The van der Waals surface area contributed by atoms with Gasteiger partial charge in [0, 0.05) is 46.5 Å². The van der Waals surface area contributed by atoms with Gasteiger partial charge in [-0.05, 0) is 35.1 Å². The van der Waals surface area contributed by atoms with Crippen molar-refractivity contribution in [3.63, 3.8) is 0 Å². The summed E-state index contributed by atoms with van der Waals surface area (Å²) < 4.78 is 0. The zero-order valence-electron chi connectivity index (χ0n) is 24.5. The molecule has 0 spiro atoms. The van der Waals surface area contributed by atoms with E-state index in [2.05, 4.69) is 51.2 Å². The summed E-state index contributed by atoms with van der Waals surface area (Å²) >= 11 is 0. The summed E-state index contributed by atoms with van der Waals surface area (Å²) in [6, 6.07) is 14.4. The van der Waals surface area contributed by atoms with E-state index in [4.69, 9.17) is 0 Å². The van der Waals surface area contributed by atoms with Gasteiger partial charge in [-0.15, -0.1) is 13.2 Å². The van der Waals surface area contributed by atoms with Gasteiger partial charge >= 0.3 is 0 Å². The number of allylic oxidation sites excluding steroid dienone is 2. The maximum Gasteiger partial charge on any atom is 0.247 e. The average Bonchev–Trinajstić information content (AvgIpc) is 3.59. The van der Waals surface area contributed by atoms with E-state index < -0.39 is 29.1 Å². The van der Waals surface area contributed by atoms with E-state index in [0.29, 0.717) is 12.8 Å². The summed E-state index contributed by atoms with van der Waals surface area (Å²) in [7, 11) is 0. The molecule has 1 aromatic heterocycles. The summed E-state index contributed by atoms with van der Waals surface area (Å²) in [6.45, 7) is 18.1. The molecule has 3 aliphatic rings. The SMILES string of the molecule is C=CC(C)(C)c1[nH]c2ccccc2c1C[C@@H]1NC(=O)[C@@H]2C[C@]3(C(C)(C)C=C)c4ccccc4N(C(C)=O)[C@@H]3N2C1=O. The average molecular weight is 551 g/mol. The smallest absolute Gasteiger partial charge is 0.247 e. The molecule has 6 rings (SSSR count). The van der Waals surface area contributed by atoms with Crippen molar-refractivity contribution in [3.8, 4) is 0 Å². The summed E-state index contributed by atoms with van der Waals surface area (Å²) in [5.74, 6) is -0.520. The molecule has 41 heavy (non-hydrogen) atoms. The van der Waals surface area contributed by atoms with Crippen molar-refractivity contribution in [2.75, 3.05) is 4.90 Å². The lowest BCUT2D eigenvalue weighted by Gasteiger charge is -2.46. The maximum atomic E-state index is 14.6. The van der Waals surface area contributed by atoms with Crippen LogP contribution in [0.1, 0.15) is 57.9 Å². The van der Waals surface area contributed by atoms with Crippen LogP contribution >= 0.6 is 0 Å². The van der Waals surface area contributed by atoms with Crippen LogP contribution in [-0.4, -0.2) is 45.9 Å². The lowest BCUT2D eigenvalue weighted by atomic mass is 9.60. The van der Waals surface area contributed by atoms with Crippen molar-refractivity contribution in [3.05, 3.63) is 90.7 Å². The molecule has 0 radical (unpaired) electrons. The highest BCUT2D eigenvalue weighted by Crippen LogP contribution is 2.62. The highest BCUT2D eigenvalue weighted by Gasteiger charge is 2.69. The molecule has 2 saturated heterocycles. The van der Waals surface area contributed by atoms with Gasteiger partial charge in [0.2, 0.25) is 17.7 Å². The number of piperazine rings is 1. The predicted molar refractivity (Wildman–Crippen MR) is 161 cm³/mol. The number of nitrogens with zero attached hydrogens (tertiary/aromatic N) is 2. The van der Waals surface area contributed by atoms with Gasteiger partial charge in [0.15, 0.2) is 0 Å². The number of amides is 3. The molecular weight excluding hydrogens is 512 g/mol.